The average molecular weight is 363 g/mol. The quantitative estimate of drug-likeness (QED) is 0.879. The van der Waals surface area contributed by atoms with Crippen LogP contribution in [0.1, 0.15) is 18.4 Å². The van der Waals surface area contributed by atoms with Gasteiger partial charge in [0, 0.05) is 31.5 Å². The lowest BCUT2D eigenvalue weighted by Crippen LogP contribution is -3.12. The van der Waals surface area contributed by atoms with Crippen LogP contribution in [0.4, 0.5) is 4.39 Å². The van der Waals surface area contributed by atoms with E-state index >= 15 is 0 Å². The first-order chi connectivity index (χ1) is 12.0. The standard InChI is InChI=1S/C19H23FN2O2S/c1-21(15-16-5-3-2-4-6-16)18-11-13-22(14-12-18)25(23,24)19-9-7-17(20)8-10-19/h2-10,18H,11-15H2,1H3/p+1. The summed E-state index contributed by atoms with van der Waals surface area (Å²) in [5.74, 6) is -0.427. The summed E-state index contributed by atoms with van der Waals surface area (Å²) < 4.78 is 39.9. The largest absolute Gasteiger partial charge is 0.331 e. The summed E-state index contributed by atoms with van der Waals surface area (Å²) in [6, 6.07) is 15.8. The van der Waals surface area contributed by atoms with Gasteiger partial charge in [-0.1, -0.05) is 30.3 Å². The van der Waals surface area contributed by atoms with Gasteiger partial charge in [0.05, 0.1) is 18.0 Å². The molecule has 2 aromatic carbocycles. The van der Waals surface area contributed by atoms with E-state index in [-0.39, 0.29) is 4.90 Å². The lowest BCUT2D eigenvalue weighted by atomic mass is 10.0. The van der Waals surface area contributed by atoms with Crippen molar-refractivity contribution < 1.29 is 17.7 Å². The molecule has 1 aliphatic heterocycles. The van der Waals surface area contributed by atoms with E-state index in [1.165, 1.54) is 39.0 Å². The Kier molecular flexibility index (Phi) is 5.51. The Hall–Kier alpha value is -1.76. The molecule has 0 aromatic heterocycles. The fourth-order valence-corrected chi connectivity index (χ4v) is 4.88. The van der Waals surface area contributed by atoms with Gasteiger partial charge in [0.2, 0.25) is 10.0 Å². The minimum Gasteiger partial charge on any atom is -0.331 e. The second-order valence-electron chi connectivity index (χ2n) is 6.64. The van der Waals surface area contributed by atoms with E-state index in [0.29, 0.717) is 19.1 Å². The van der Waals surface area contributed by atoms with Gasteiger partial charge in [-0.2, -0.15) is 4.31 Å². The number of benzene rings is 2. The van der Waals surface area contributed by atoms with Crippen molar-refractivity contribution in [2.45, 2.75) is 30.3 Å². The molecule has 4 nitrogen and oxygen atoms in total. The lowest BCUT2D eigenvalue weighted by molar-refractivity contribution is -0.920. The molecule has 6 heteroatoms. The maximum atomic E-state index is 13.0. The van der Waals surface area contributed by atoms with Crippen LogP contribution in [0, 0.1) is 5.82 Å². The predicted octanol–water partition coefficient (Wildman–Crippen LogP) is 1.69. The SMILES string of the molecule is C[NH+](Cc1ccccc1)C1CCN(S(=O)(=O)c2ccc(F)cc2)CC1. The highest BCUT2D eigenvalue weighted by Gasteiger charge is 2.32. The van der Waals surface area contributed by atoms with Gasteiger partial charge in [-0.05, 0) is 24.3 Å². The molecule has 1 unspecified atom stereocenters. The van der Waals surface area contributed by atoms with Crippen LogP contribution in [-0.4, -0.2) is 38.9 Å². The fourth-order valence-electron chi connectivity index (χ4n) is 3.41. The zero-order valence-electron chi connectivity index (χ0n) is 14.4. The number of hydrogen-bond donors (Lipinski definition) is 1. The van der Waals surface area contributed by atoms with Crippen LogP contribution in [-0.2, 0) is 16.6 Å². The molecule has 0 radical (unpaired) electrons. The molecule has 1 aliphatic rings. The molecule has 0 aliphatic carbocycles. The minimum atomic E-state index is -3.53. The first kappa shape index (κ1) is 18.0. The highest BCUT2D eigenvalue weighted by atomic mass is 32.2. The van der Waals surface area contributed by atoms with Crippen LogP contribution >= 0.6 is 0 Å². The average Bonchev–Trinajstić information content (AvgIpc) is 2.63. The van der Waals surface area contributed by atoms with Crippen molar-refractivity contribution in [3.63, 3.8) is 0 Å². The van der Waals surface area contributed by atoms with Crippen LogP contribution in [0.3, 0.4) is 0 Å². The molecule has 1 heterocycles. The normalized spacial score (nSPS) is 18.2. The van der Waals surface area contributed by atoms with Gasteiger partial charge in [0.15, 0.2) is 0 Å². The Morgan fingerprint density at radius 2 is 1.64 bits per heavy atom. The molecule has 0 amide bonds. The monoisotopic (exact) mass is 363 g/mol. The van der Waals surface area contributed by atoms with Gasteiger partial charge in [-0.25, -0.2) is 12.8 Å². The molecule has 3 rings (SSSR count). The zero-order chi connectivity index (χ0) is 17.9. The van der Waals surface area contributed by atoms with E-state index in [1.807, 2.05) is 18.2 Å². The number of nitrogens with zero attached hydrogens (tertiary/aromatic N) is 1. The summed E-state index contributed by atoms with van der Waals surface area (Å²) in [4.78, 5) is 1.57. The van der Waals surface area contributed by atoms with Gasteiger partial charge in [-0.3, -0.25) is 0 Å². The second-order valence-corrected chi connectivity index (χ2v) is 8.58. The third-order valence-corrected chi connectivity index (χ3v) is 6.84. The molecule has 1 N–H and O–H groups in total. The number of nitrogens with one attached hydrogen (secondary N) is 1. The van der Waals surface area contributed by atoms with Crippen LogP contribution in [0.5, 0.6) is 0 Å². The third-order valence-electron chi connectivity index (χ3n) is 4.93. The molecule has 134 valence electrons. The van der Waals surface area contributed by atoms with E-state index in [1.54, 1.807) is 0 Å². The van der Waals surface area contributed by atoms with Gasteiger partial charge < -0.3 is 4.90 Å². The Balaban J connectivity index is 1.60. The number of halogens is 1. The smallest absolute Gasteiger partial charge is 0.243 e. The van der Waals surface area contributed by atoms with Gasteiger partial charge in [0.25, 0.3) is 0 Å². The maximum Gasteiger partial charge on any atom is 0.243 e. The highest BCUT2D eigenvalue weighted by molar-refractivity contribution is 7.89. The fraction of sp³-hybridized carbons (Fsp3) is 0.368. The first-order valence-corrected chi connectivity index (χ1v) is 10.0. The summed E-state index contributed by atoms with van der Waals surface area (Å²) in [6.07, 6.45) is 1.66. The Labute approximate surface area is 148 Å². The van der Waals surface area contributed by atoms with Crippen molar-refractivity contribution in [2.75, 3.05) is 20.1 Å². The number of quaternary nitrogens is 1. The second kappa shape index (κ2) is 7.64. The molecule has 0 saturated carbocycles. The lowest BCUT2D eigenvalue weighted by Gasteiger charge is -2.34. The molecule has 25 heavy (non-hydrogen) atoms. The van der Waals surface area contributed by atoms with E-state index in [2.05, 4.69) is 19.2 Å². The zero-order valence-corrected chi connectivity index (χ0v) is 15.2. The molecule has 0 bridgehead atoms. The van der Waals surface area contributed by atoms with Gasteiger partial charge in [0.1, 0.15) is 12.4 Å². The molecular formula is C19H24FN2O2S+. The maximum absolute atomic E-state index is 13.0. The summed E-state index contributed by atoms with van der Waals surface area (Å²) in [7, 11) is -1.36. The Morgan fingerprint density at radius 1 is 1.04 bits per heavy atom. The molecule has 1 atom stereocenters. The van der Waals surface area contributed by atoms with E-state index in [4.69, 9.17) is 0 Å². The topological polar surface area (TPSA) is 41.8 Å². The van der Waals surface area contributed by atoms with E-state index in [0.717, 1.165) is 19.4 Å². The number of piperidine rings is 1. The van der Waals surface area contributed by atoms with Crippen molar-refractivity contribution in [3.8, 4) is 0 Å². The van der Waals surface area contributed by atoms with Gasteiger partial charge in [-0.15, -0.1) is 0 Å². The molecular weight excluding hydrogens is 339 g/mol. The summed E-state index contributed by atoms with van der Waals surface area (Å²) in [5.41, 5.74) is 1.29. The number of sulfonamides is 1. The number of rotatable bonds is 5. The van der Waals surface area contributed by atoms with Crippen LogP contribution < -0.4 is 4.90 Å². The summed E-state index contributed by atoms with van der Waals surface area (Å²) >= 11 is 0. The summed E-state index contributed by atoms with van der Waals surface area (Å²) in [6.45, 7) is 1.96. The van der Waals surface area contributed by atoms with Crippen molar-refractivity contribution in [3.05, 3.63) is 66.0 Å². The van der Waals surface area contributed by atoms with Crippen LogP contribution in [0.25, 0.3) is 0 Å². The Bertz CT molecular complexity index is 786. The van der Waals surface area contributed by atoms with Crippen LogP contribution in [0.2, 0.25) is 0 Å². The number of hydrogen-bond acceptors (Lipinski definition) is 2. The van der Waals surface area contributed by atoms with Gasteiger partial charge >= 0.3 is 0 Å². The first-order valence-electron chi connectivity index (χ1n) is 8.59. The Morgan fingerprint density at radius 3 is 2.24 bits per heavy atom. The highest BCUT2D eigenvalue weighted by Crippen LogP contribution is 2.20. The van der Waals surface area contributed by atoms with E-state index in [9.17, 15) is 12.8 Å². The van der Waals surface area contributed by atoms with Crippen LogP contribution in [0.15, 0.2) is 59.5 Å². The van der Waals surface area contributed by atoms with Crippen molar-refractivity contribution in [2.24, 2.45) is 0 Å². The molecule has 0 spiro atoms. The van der Waals surface area contributed by atoms with Crippen molar-refractivity contribution in [1.82, 2.24) is 4.31 Å². The minimum absolute atomic E-state index is 0.164. The van der Waals surface area contributed by atoms with E-state index < -0.39 is 15.8 Å². The van der Waals surface area contributed by atoms with Crippen molar-refractivity contribution in [1.29, 1.82) is 0 Å². The molecule has 2 aromatic rings. The van der Waals surface area contributed by atoms with Crippen molar-refractivity contribution >= 4 is 10.0 Å². The molecule has 1 saturated heterocycles. The third kappa shape index (κ3) is 4.26. The predicted molar refractivity (Wildman–Crippen MR) is 95.2 cm³/mol. The summed E-state index contributed by atoms with van der Waals surface area (Å²) in [5, 5.41) is 0. The molecule has 1 fully saturated rings.